The van der Waals surface area contributed by atoms with Crippen LogP contribution in [-0.2, 0) is 14.9 Å². The Hall–Kier alpha value is -1.69. The Morgan fingerprint density at radius 3 is 2.43 bits per heavy atom. The number of hydrogen-bond acceptors (Lipinski definition) is 5. The Morgan fingerprint density at radius 2 is 1.91 bits per heavy atom. The Morgan fingerprint density at radius 1 is 1.17 bits per heavy atom. The first-order valence-corrected chi connectivity index (χ1v) is 8.45. The van der Waals surface area contributed by atoms with Crippen molar-refractivity contribution in [3.63, 3.8) is 0 Å². The molecule has 1 aromatic rings. The number of nitrogens with zero attached hydrogens (tertiary/aromatic N) is 4. The van der Waals surface area contributed by atoms with Crippen LogP contribution in [0.5, 0.6) is 0 Å². The molecule has 0 saturated carbocycles. The van der Waals surface area contributed by atoms with Gasteiger partial charge in [-0.15, -0.1) is 5.10 Å². The van der Waals surface area contributed by atoms with Crippen LogP contribution in [0.4, 0.5) is 5.82 Å². The molecule has 1 amide bonds. The number of aromatic nitrogens is 2. The minimum absolute atomic E-state index is 0.0118. The number of ether oxygens (including phenoxy) is 1. The molecule has 3 heterocycles. The van der Waals surface area contributed by atoms with Crippen molar-refractivity contribution >= 4 is 11.7 Å². The zero-order valence-electron chi connectivity index (χ0n) is 14.3. The summed E-state index contributed by atoms with van der Waals surface area (Å²) < 4.78 is 5.50. The first-order chi connectivity index (χ1) is 10.9. The fourth-order valence-electron chi connectivity index (χ4n) is 3.03. The molecule has 0 spiro atoms. The van der Waals surface area contributed by atoms with E-state index >= 15 is 0 Å². The van der Waals surface area contributed by atoms with E-state index in [1.165, 1.54) is 0 Å². The molecule has 0 aromatic carbocycles. The zero-order valence-corrected chi connectivity index (χ0v) is 14.3. The lowest BCUT2D eigenvalue weighted by Crippen LogP contribution is -2.51. The molecule has 2 saturated heterocycles. The van der Waals surface area contributed by atoms with E-state index in [4.69, 9.17) is 4.74 Å². The lowest BCUT2D eigenvalue weighted by molar-refractivity contribution is -0.141. The van der Waals surface area contributed by atoms with Crippen molar-refractivity contribution in [2.75, 3.05) is 37.7 Å². The van der Waals surface area contributed by atoms with Crippen molar-refractivity contribution in [1.82, 2.24) is 15.1 Å². The third-order valence-corrected chi connectivity index (χ3v) is 4.54. The highest BCUT2D eigenvalue weighted by Crippen LogP contribution is 2.22. The summed E-state index contributed by atoms with van der Waals surface area (Å²) in [6, 6.07) is 4.08. The van der Waals surface area contributed by atoms with Crippen LogP contribution in [-0.4, -0.2) is 59.9 Å². The van der Waals surface area contributed by atoms with Gasteiger partial charge in [0.25, 0.3) is 5.91 Å². The molecular formula is C17H26N4O2. The molecule has 0 radical (unpaired) electrons. The highest BCUT2D eigenvalue weighted by molar-refractivity contribution is 5.81. The summed E-state index contributed by atoms with van der Waals surface area (Å²) in [6.07, 6.45) is 1.64. The quantitative estimate of drug-likeness (QED) is 0.829. The number of piperazine rings is 1. The van der Waals surface area contributed by atoms with Gasteiger partial charge in [-0.2, -0.15) is 5.10 Å². The predicted octanol–water partition coefficient (Wildman–Crippen LogP) is 1.60. The van der Waals surface area contributed by atoms with E-state index in [9.17, 15) is 4.79 Å². The molecule has 2 aliphatic heterocycles. The molecule has 1 unspecified atom stereocenters. The van der Waals surface area contributed by atoms with E-state index in [2.05, 4.69) is 35.9 Å². The second-order valence-electron chi connectivity index (χ2n) is 7.34. The van der Waals surface area contributed by atoms with Gasteiger partial charge in [0.05, 0.1) is 5.69 Å². The van der Waals surface area contributed by atoms with E-state index in [0.717, 1.165) is 50.5 Å². The van der Waals surface area contributed by atoms with E-state index in [0.29, 0.717) is 6.61 Å². The Bertz CT molecular complexity index is 539. The van der Waals surface area contributed by atoms with Gasteiger partial charge >= 0.3 is 0 Å². The molecule has 6 heteroatoms. The van der Waals surface area contributed by atoms with Crippen LogP contribution in [0.15, 0.2) is 12.1 Å². The van der Waals surface area contributed by atoms with Crippen LogP contribution >= 0.6 is 0 Å². The van der Waals surface area contributed by atoms with Crippen LogP contribution in [0.1, 0.15) is 39.3 Å². The molecular weight excluding hydrogens is 292 g/mol. The minimum atomic E-state index is -0.215. The average molecular weight is 318 g/mol. The van der Waals surface area contributed by atoms with Crippen molar-refractivity contribution in [1.29, 1.82) is 0 Å². The summed E-state index contributed by atoms with van der Waals surface area (Å²) in [5.74, 6) is 1.04. The van der Waals surface area contributed by atoms with Crippen LogP contribution in [0.25, 0.3) is 0 Å². The number of amides is 1. The summed E-state index contributed by atoms with van der Waals surface area (Å²) in [5.41, 5.74) is 1.01. The number of rotatable bonds is 2. The molecule has 1 atom stereocenters. The Kier molecular flexibility index (Phi) is 4.53. The van der Waals surface area contributed by atoms with Crippen molar-refractivity contribution in [2.24, 2.45) is 0 Å². The van der Waals surface area contributed by atoms with E-state index < -0.39 is 0 Å². The van der Waals surface area contributed by atoms with Crippen molar-refractivity contribution < 1.29 is 9.53 Å². The highest BCUT2D eigenvalue weighted by atomic mass is 16.5. The third kappa shape index (κ3) is 3.63. The molecule has 23 heavy (non-hydrogen) atoms. The fraction of sp³-hybridized carbons (Fsp3) is 0.706. The molecule has 2 fully saturated rings. The van der Waals surface area contributed by atoms with E-state index in [-0.39, 0.29) is 17.4 Å². The van der Waals surface area contributed by atoms with Gasteiger partial charge in [0.1, 0.15) is 6.10 Å². The van der Waals surface area contributed by atoms with Gasteiger partial charge in [-0.3, -0.25) is 4.79 Å². The van der Waals surface area contributed by atoms with Crippen molar-refractivity contribution in [3.8, 4) is 0 Å². The smallest absolute Gasteiger partial charge is 0.251 e. The fourth-order valence-corrected chi connectivity index (χ4v) is 3.03. The van der Waals surface area contributed by atoms with Crippen molar-refractivity contribution in [3.05, 3.63) is 17.8 Å². The third-order valence-electron chi connectivity index (χ3n) is 4.54. The van der Waals surface area contributed by atoms with Crippen LogP contribution in [0.2, 0.25) is 0 Å². The molecule has 6 nitrogen and oxygen atoms in total. The number of carbonyl (C=O) groups excluding carboxylic acids is 1. The Labute approximate surface area is 137 Å². The molecule has 0 bridgehead atoms. The van der Waals surface area contributed by atoms with Crippen LogP contribution in [0, 0.1) is 0 Å². The summed E-state index contributed by atoms with van der Waals surface area (Å²) in [7, 11) is 0. The van der Waals surface area contributed by atoms with Gasteiger partial charge in [0.15, 0.2) is 5.82 Å². The first kappa shape index (κ1) is 16.2. The molecule has 0 aliphatic carbocycles. The second kappa shape index (κ2) is 6.43. The molecule has 3 rings (SSSR count). The summed E-state index contributed by atoms with van der Waals surface area (Å²) in [6.45, 7) is 10.1. The van der Waals surface area contributed by atoms with Crippen molar-refractivity contribution in [2.45, 2.75) is 45.1 Å². The van der Waals surface area contributed by atoms with Gasteiger partial charge in [-0.1, -0.05) is 20.8 Å². The predicted molar refractivity (Wildman–Crippen MR) is 88.5 cm³/mol. The maximum Gasteiger partial charge on any atom is 0.251 e. The summed E-state index contributed by atoms with van der Waals surface area (Å²) in [5, 5.41) is 8.71. The van der Waals surface area contributed by atoms with Gasteiger partial charge < -0.3 is 14.5 Å². The second-order valence-corrected chi connectivity index (χ2v) is 7.34. The standard InChI is InChI=1S/C17H26N4O2/c1-17(2,3)14-6-7-15(19-18-14)20-8-10-21(11-9-20)16(22)13-5-4-12-23-13/h6-7,13H,4-5,8-12H2,1-3H3. The van der Waals surface area contributed by atoms with Gasteiger partial charge in [0, 0.05) is 38.2 Å². The average Bonchev–Trinajstić information content (AvgIpc) is 3.08. The van der Waals surface area contributed by atoms with Gasteiger partial charge in [-0.25, -0.2) is 0 Å². The van der Waals surface area contributed by atoms with Gasteiger partial charge in [0.2, 0.25) is 0 Å². The molecule has 126 valence electrons. The largest absolute Gasteiger partial charge is 0.368 e. The van der Waals surface area contributed by atoms with Crippen LogP contribution in [0.3, 0.4) is 0 Å². The summed E-state index contributed by atoms with van der Waals surface area (Å²) >= 11 is 0. The summed E-state index contributed by atoms with van der Waals surface area (Å²) in [4.78, 5) is 16.5. The minimum Gasteiger partial charge on any atom is -0.368 e. The van der Waals surface area contributed by atoms with Crippen LogP contribution < -0.4 is 4.90 Å². The maximum absolute atomic E-state index is 12.4. The molecule has 1 aromatic heterocycles. The SMILES string of the molecule is CC(C)(C)c1ccc(N2CCN(C(=O)C3CCCO3)CC2)nn1. The lowest BCUT2D eigenvalue weighted by Gasteiger charge is -2.36. The lowest BCUT2D eigenvalue weighted by atomic mass is 9.92. The maximum atomic E-state index is 12.4. The van der Waals surface area contributed by atoms with E-state index in [1.807, 2.05) is 17.0 Å². The number of anilines is 1. The molecule has 2 aliphatic rings. The first-order valence-electron chi connectivity index (χ1n) is 8.45. The molecule has 0 N–H and O–H groups in total. The normalized spacial score (nSPS) is 22.5. The monoisotopic (exact) mass is 318 g/mol. The van der Waals surface area contributed by atoms with Gasteiger partial charge in [-0.05, 0) is 25.0 Å². The number of hydrogen-bond donors (Lipinski definition) is 0. The highest BCUT2D eigenvalue weighted by Gasteiger charge is 2.30. The number of carbonyl (C=O) groups is 1. The zero-order chi connectivity index (χ0) is 16.4. The topological polar surface area (TPSA) is 58.6 Å². The Balaban J connectivity index is 1.57. The van der Waals surface area contributed by atoms with E-state index in [1.54, 1.807) is 0 Å².